The summed E-state index contributed by atoms with van der Waals surface area (Å²) in [4.78, 5) is 0. The molecule has 2 heteroatoms. The van der Waals surface area contributed by atoms with Gasteiger partial charge >= 0.3 is 0 Å². The largest absolute Gasteiger partial charge is 0.508 e. The van der Waals surface area contributed by atoms with Crippen molar-refractivity contribution >= 4 is 0 Å². The normalized spacial score (nSPS) is 41.3. The molecule has 0 radical (unpaired) electrons. The van der Waals surface area contributed by atoms with Gasteiger partial charge in [-0.1, -0.05) is 13.0 Å². The van der Waals surface area contributed by atoms with E-state index in [2.05, 4.69) is 19.9 Å². The quantitative estimate of drug-likeness (QED) is 0.759. The Hall–Kier alpha value is -1.02. The Morgan fingerprint density at radius 3 is 2.76 bits per heavy atom. The molecule has 3 aliphatic carbocycles. The molecule has 0 unspecified atom stereocenters. The number of aliphatic hydroxyl groups excluding tert-OH is 1. The fourth-order valence-electron chi connectivity index (χ4n) is 5.84. The molecule has 21 heavy (non-hydrogen) atoms. The van der Waals surface area contributed by atoms with Gasteiger partial charge in [-0.15, -0.1) is 0 Å². The van der Waals surface area contributed by atoms with E-state index in [0.29, 0.717) is 23.5 Å². The fraction of sp³-hybridized carbons (Fsp3) is 0.684. The molecule has 0 amide bonds. The molecule has 2 saturated carbocycles. The lowest BCUT2D eigenvalue weighted by Crippen LogP contribution is -2.44. The zero-order chi connectivity index (χ0) is 14.8. The summed E-state index contributed by atoms with van der Waals surface area (Å²) in [5.41, 5.74) is 4.10. The van der Waals surface area contributed by atoms with E-state index in [0.717, 1.165) is 25.7 Å². The van der Waals surface area contributed by atoms with Gasteiger partial charge in [0.05, 0.1) is 6.10 Å². The van der Waals surface area contributed by atoms with E-state index in [1.807, 2.05) is 6.07 Å². The molecular weight excluding hydrogens is 260 g/mol. The van der Waals surface area contributed by atoms with Gasteiger partial charge in [-0.2, -0.15) is 0 Å². The van der Waals surface area contributed by atoms with Crippen LogP contribution < -0.4 is 0 Å². The summed E-state index contributed by atoms with van der Waals surface area (Å²) in [5, 5.41) is 20.8. The Morgan fingerprint density at radius 2 is 1.95 bits per heavy atom. The molecule has 0 heterocycles. The van der Waals surface area contributed by atoms with Crippen LogP contribution in [0, 0.1) is 24.2 Å². The second-order valence-electron chi connectivity index (χ2n) is 7.85. The minimum Gasteiger partial charge on any atom is -0.508 e. The third-order valence-corrected chi connectivity index (χ3v) is 7.05. The van der Waals surface area contributed by atoms with Gasteiger partial charge in [0, 0.05) is 5.56 Å². The van der Waals surface area contributed by atoms with E-state index in [1.165, 1.54) is 29.5 Å². The molecule has 2 fully saturated rings. The van der Waals surface area contributed by atoms with E-state index < -0.39 is 0 Å². The lowest BCUT2D eigenvalue weighted by atomic mass is 9.55. The Kier molecular flexibility index (Phi) is 2.91. The third kappa shape index (κ3) is 1.75. The number of aryl methyl sites for hydroxylation is 1. The zero-order valence-electron chi connectivity index (χ0n) is 13.1. The van der Waals surface area contributed by atoms with Crippen LogP contribution >= 0.6 is 0 Å². The molecule has 0 saturated heterocycles. The molecule has 0 spiro atoms. The number of phenolic OH excluding ortho intramolecular Hbond substituents is 1. The van der Waals surface area contributed by atoms with Gasteiger partial charge in [0.25, 0.3) is 0 Å². The Balaban J connectivity index is 1.77. The Morgan fingerprint density at radius 1 is 1.14 bits per heavy atom. The number of rotatable bonds is 0. The summed E-state index contributed by atoms with van der Waals surface area (Å²) in [6.45, 7) is 4.47. The van der Waals surface area contributed by atoms with Gasteiger partial charge in [0.2, 0.25) is 0 Å². The molecule has 0 aliphatic heterocycles. The SMILES string of the molecule is Cc1ccc(O)c2c1CC[C@@H]1[C@@H]2CC[C@]2(C)[C@@H](O)CC[C@@H]12. The highest BCUT2D eigenvalue weighted by Gasteiger charge is 2.54. The number of benzene rings is 1. The number of fused-ring (bicyclic) bond motifs is 5. The zero-order valence-corrected chi connectivity index (χ0v) is 13.1. The van der Waals surface area contributed by atoms with E-state index in [9.17, 15) is 10.2 Å². The van der Waals surface area contributed by atoms with Crippen LogP contribution in [0.1, 0.15) is 61.6 Å². The molecule has 2 nitrogen and oxygen atoms in total. The summed E-state index contributed by atoms with van der Waals surface area (Å²) in [6, 6.07) is 3.94. The van der Waals surface area contributed by atoms with Crippen molar-refractivity contribution in [3.8, 4) is 5.75 Å². The van der Waals surface area contributed by atoms with Gasteiger partial charge in [0.15, 0.2) is 0 Å². The highest BCUT2D eigenvalue weighted by molar-refractivity contribution is 5.48. The van der Waals surface area contributed by atoms with Crippen molar-refractivity contribution in [1.82, 2.24) is 0 Å². The number of phenols is 1. The number of aromatic hydroxyl groups is 1. The summed E-state index contributed by atoms with van der Waals surface area (Å²) in [7, 11) is 0. The summed E-state index contributed by atoms with van der Waals surface area (Å²) < 4.78 is 0. The topological polar surface area (TPSA) is 40.5 Å². The van der Waals surface area contributed by atoms with Crippen LogP contribution in [0.25, 0.3) is 0 Å². The van der Waals surface area contributed by atoms with E-state index in [1.54, 1.807) is 0 Å². The first-order chi connectivity index (χ1) is 10.0. The van der Waals surface area contributed by atoms with Gasteiger partial charge in [-0.3, -0.25) is 0 Å². The lowest BCUT2D eigenvalue weighted by Gasteiger charge is -2.50. The second-order valence-corrected chi connectivity index (χ2v) is 7.85. The van der Waals surface area contributed by atoms with Crippen molar-refractivity contribution < 1.29 is 10.2 Å². The Labute approximate surface area is 127 Å². The van der Waals surface area contributed by atoms with Gasteiger partial charge in [-0.05, 0) is 85.8 Å². The van der Waals surface area contributed by atoms with Crippen LogP contribution in [0.2, 0.25) is 0 Å². The molecule has 2 N–H and O–H groups in total. The van der Waals surface area contributed by atoms with Crippen molar-refractivity contribution in [1.29, 1.82) is 0 Å². The number of aliphatic hydroxyl groups is 1. The highest BCUT2D eigenvalue weighted by Crippen LogP contribution is 2.61. The molecule has 0 bridgehead atoms. The number of hydrogen-bond donors (Lipinski definition) is 2. The maximum atomic E-state index is 10.4. The molecule has 4 rings (SSSR count). The van der Waals surface area contributed by atoms with E-state index in [4.69, 9.17) is 0 Å². The molecule has 114 valence electrons. The lowest BCUT2D eigenvalue weighted by molar-refractivity contribution is -0.0229. The Bertz CT molecular complexity index is 579. The van der Waals surface area contributed by atoms with E-state index >= 15 is 0 Å². The average Bonchev–Trinajstić information content (AvgIpc) is 2.78. The summed E-state index contributed by atoms with van der Waals surface area (Å²) in [5.74, 6) is 2.31. The first-order valence-electron chi connectivity index (χ1n) is 8.52. The van der Waals surface area contributed by atoms with Crippen LogP contribution in [0.5, 0.6) is 5.75 Å². The van der Waals surface area contributed by atoms with Crippen molar-refractivity contribution in [2.75, 3.05) is 0 Å². The van der Waals surface area contributed by atoms with Crippen molar-refractivity contribution in [2.45, 2.75) is 64.4 Å². The first-order valence-corrected chi connectivity index (χ1v) is 8.52. The predicted octanol–water partition coefficient (Wildman–Crippen LogP) is 3.92. The van der Waals surface area contributed by atoms with E-state index in [-0.39, 0.29) is 11.5 Å². The fourth-order valence-corrected chi connectivity index (χ4v) is 5.84. The molecule has 0 aromatic heterocycles. The van der Waals surface area contributed by atoms with Gasteiger partial charge in [-0.25, -0.2) is 0 Å². The van der Waals surface area contributed by atoms with Crippen LogP contribution in [0.15, 0.2) is 12.1 Å². The minimum atomic E-state index is -0.115. The molecular formula is C19H26O2. The maximum Gasteiger partial charge on any atom is 0.119 e. The van der Waals surface area contributed by atoms with Gasteiger partial charge in [0.1, 0.15) is 5.75 Å². The van der Waals surface area contributed by atoms with Crippen molar-refractivity contribution in [3.05, 3.63) is 28.8 Å². The first kappa shape index (κ1) is 13.6. The van der Waals surface area contributed by atoms with Crippen LogP contribution in [0.4, 0.5) is 0 Å². The maximum absolute atomic E-state index is 10.4. The molecule has 1 aromatic carbocycles. The smallest absolute Gasteiger partial charge is 0.119 e. The highest BCUT2D eigenvalue weighted by atomic mass is 16.3. The summed E-state index contributed by atoms with van der Waals surface area (Å²) in [6.07, 6.45) is 6.58. The minimum absolute atomic E-state index is 0.115. The van der Waals surface area contributed by atoms with Crippen LogP contribution in [0.3, 0.4) is 0 Å². The second kappa shape index (κ2) is 4.49. The van der Waals surface area contributed by atoms with Crippen LogP contribution in [-0.4, -0.2) is 16.3 Å². The number of hydrogen-bond acceptors (Lipinski definition) is 2. The van der Waals surface area contributed by atoms with Gasteiger partial charge < -0.3 is 10.2 Å². The molecule has 3 aliphatic rings. The van der Waals surface area contributed by atoms with Crippen molar-refractivity contribution in [3.63, 3.8) is 0 Å². The predicted molar refractivity (Wildman–Crippen MR) is 83.5 cm³/mol. The standard InChI is InChI=1S/C19H26O2/c1-11-3-7-16(20)18-12(11)4-5-13-14(18)9-10-19(2)15(13)6-8-17(19)21/h3,7,13-15,17,20-21H,4-6,8-10H2,1-2H3/t13-,14+,15+,17+,19+/m1/s1. The average molecular weight is 286 g/mol. The van der Waals surface area contributed by atoms with Crippen molar-refractivity contribution in [2.24, 2.45) is 17.3 Å². The molecule has 1 aromatic rings. The monoisotopic (exact) mass is 286 g/mol. The molecule has 5 atom stereocenters. The third-order valence-electron chi connectivity index (χ3n) is 7.05. The van der Waals surface area contributed by atoms with Crippen LogP contribution in [-0.2, 0) is 6.42 Å². The summed E-state index contributed by atoms with van der Waals surface area (Å²) >= 11 is 0.